The summed E-state index contributed by atoms with van der Waals surface area (Å²) in [6.07, 6.45) is 3.95. The predicted octanol–water partition coefficient (Wildman–Crippen LogP) is 6.43. The molecule has 1 N–H and O–H groups in total. The van der Waals surface area contributed by atoms with Crippen molar-refractivity contribution in [2.24, 2.45) is 10.2 Å². The van der Waals surface area contributed by atoms with E-state index in [1.165, 1.54) is 0 Å². The van der Waals surface area contributed by atoms with E-state index in [-0.39, 0.29) is 16.1 Å². The van der Waals surface area contributed by atoms with E-state index in [9.17, 15) is 13.5 Å². The van der Waals surface area contributed by atoms with Gasteiger partial charge in [0.2, 0.25) is 10.0 Å². The van der Waals surface area contributed by atoms with Crippen molar-refractivity contribution in [3.05, 3.63) is 46.4 Å². The Bertz CT molecular complexity index is 1020. The molecule has 0 bridgehead atoms. The Hall–Kier alpha value is -1.77. The number of phenols is 1. The summed E-state index contributed by atoms with van der Waals surface area (Å²) < 4.78 is 27.9. The molecule has 1 saturated heterocycles. The highest BCUT2D eigenvalue weighted by Crippen LogP contribution is 2.39. The van der Waals surface area contributed by atoms with Crippen molar-refractivity contribution in [1.29, 1.82) is 0 Å². The van der Waals surface area contributed by atoms with Gasteiger partial charge in [-0.25, -0.2) is 8.42 Å². The second-order valence-electron chi connectivity index (χ2n) is 8.59. The van der Waals surface area contributed by atoms with E-state index in [0.29, 0.717) is 28.9 Å². The van der Waals surface area contributed by atoms with Crippen LogP contribution in [0.15, 0.2) is 56.0 Å². The first kappa shape index (κ1) is 22.9. The van der Waals surface area contributed by atoms with Crippen molar-refractivity contribution in [1.82, 2.24) is 4.31 Å². The molecule has 0 unspecified atom stereocenters. The average Bonchev–Trinajstić information content (AvgIpc) is 2.98. The van der Waals surface area contributed by atoms with Gasteiger partial charge in [0.05, 0.1) is 15.1 Å². The molecular formula is C22H28BrN3O3S. The molecular weight excluding hydrogens is 466 g/mol. The molecule has 8 heteroatoms. The Kier molecular flexibility index (Phi) is 6.99. The number of benzene rings is 2. The van der Waals surface area contributed by atoms with Crippen molar-refractivity contribution in [2.45, 2.75) is 56.8 Å². The van der Waals surface area contributed by atoms with Crippen LogP contribution in [0, 0.1) is 0 Å². The first-order valence-corrected chi connectivity index (χ1v) is 12.4. The van der Waals surface area contributed by atoms with Gasteiger partial charge in [-0.1, -0.05) is 33.6 Å². The summed E-state index contributed by atoms with van der Waals surface area (Å²) in [6.45, 7) is 7.38. The van der Waals surface area contributed by atoms with Gasteiger partial charge in [-0.2, -0.15) is 9.42 Å². The molecule has 0 atom stereocenters. The van der Waals surface area contributed by atoms with Crippen LogP contribution in [-0.2, 0) is 15.4 Å². The smallest absolute Gasteiger partial charge is 0.243 e. The van der Waals surface area contributed by atoms with Crippen LogP contribution >= 0.6 is 15.9 Å². The van der Waals surface area contributed by atoms with Gasteiger partial charge in [-0.05, 0) is 76.1 Å². The van der Waals surface area contributed by atoms with Crippen molar-refractivity contribution in [3.63, 3.8) is 0 Å². The zero-order valence-corrected chi connectivity index (χ0v) is 20.0. The second kappa shape index (κ2) is 9.16. The molecule has 0 aromatic heterocycles. The third-order valence-corrected chi connectivity index (χ3v) is 7.74. The largest absolute Gasteiger partial charge is 0.505 e. The maximum Gasteiger partial charge on any atom is 0.243 e. The van der Waals surface area contributed by atoms with Crippen molar-refractivity contribution < 1.29 is 13.5 Å². The molecule has 30 heavy (non-hydrogen) atoms. The molecule has 3 rings (SSSR count). The second-order valence-corrected chi connectivity index (χ2v) is 11.4. The number of phenolic OH excluding ortho intramolecular Hbond substituents is 1. The lowest BCUT2D eigenvalue weighted by Gasteiger charge is -2.20. The first-order valence-electron chi connectivity index (χ1n) is 10.1. The maximum absolute atomic E-state index is 12.9. The zero-order chi connectivity index (χ0) is 21.9. The van der Waals surface area contributed by atoms with Gasteiger partial charge in [-0.15, -0.1) is 5.11 Å². The van der Waals surface area contributed by atoms with Gasteiger partial charge < -0.3 is 5.11 Å². The number of sulfonamides is 1. The van der Waals surface area contributed by atoms with Crippen LogP contribution in [-0.4, -0.2) is 30.9 Å². The highest BCUT2D eigenvalue weighted by molar-refractivity contribution is 9.10. The molecule has 1 aliphatic rings. The van der Waals surface area contributed by atoms with Crippen LogP contribution in [0.1, 0.15) is 52.0 Å². The predicted molar refractivity (Wildman–Crippen MR) is 122 cm³/mol. The fourth-order valence-electron chi connectivity index (χ4n) is 3.32. The van der Waals surface area contributed by atoms with E-state index < -0.39 is 10.0 Å². The summed E-state index contributed by atoms with van der Waals surface area (Å²) in [5.41, 5.74) is 1.78. The Balaban J connectivity index is 1.82. The number of nitrogens with zero attached hydrogens (tertiary/aromatic N) is 3. The number of aromatic hydroxyl groups is 1. The van der Waals surface area contributed by atoms with Gasteiger partial charge >= 0.3 is 0 Å². The molecule has 6 nitrogen and oxygen atoms in total. The standard InChI is InChI=1S/C22H28BrN3O3S/c1-22(2,3)16-14-19(23)21(27)20(15-16)25-24-17-8-10-18(11-9-17)30(28,29)26-12-6-4-5-7-13-26/h8-11,14-15,27H,4-7,12-13H2,1-3H3. The lowest BCUT2D eigenvalue weighted by atomic mass is 9.87. The first-order chi connectivity index (χ1) is 14.1. The molecule has 2 aromatic rings. The van der Waals surface area contributed by atoms with Gasteiger partial charge in [-0.3, -0.25) is 0 Å². The monoisotopic (exact) mass is 493 g/mol. The lowest BCUT2D eigenvalue weighted by molar-refractivity contribution is 0.424. The Labute approximate surface area is 187 Å². The van der Waals surface area contributed by atoms with Crippen LogP contribution in [0.3, 0.4) is 0 Å². The number of rotatable bonds is 4. The summed E-state index contributed by atoms with van der Waals surface area (Å²) in [6, 6.07) is 10.1. The summed E-state index contributed by atoms with van der Waals surface area (Å²) >= 11 is 3.37. The van der Waals surface area contributed by atoms with Gasteiger partial charge in [0.15, 0.2) is 5.75 Å². The van der Waals surface area contributed by atoms with E-state index in [1.54, 1.807) is 28.6 Å². The Morgan fingerprint density at radius 3 is 2.13 bits per heavy atom. The Morgan fingerprint density at radius 1 is 0.967 bits per heavy atom. The van der Waals surface area contributed by atoms with Crippen LogP contribution in [0.4, 0.5) is 11.4 Å². The molecule has 0 saturated carbocycles. The van der Waals surface area contributed by atoms with Crippen LogP contribution < -0.4 is 0 Å². The summed E-state index contributed by atoms with van der Waals surface area (Å²) in [4.78, 5) is 0.267. The molecule has 1 heterocycles. The zero-order valence-electron chi connectivity index (χ0n) is 17.6. The minimum Gasteiger partial charge on any atom is -0.505 e. The number of hydrogen-bond acceptors (Lipinski definition) is 5. The van der Waals surface area contributed by atoms with Crippen LogP contribution in [0.5, 0.6) is 5.75 Å². The molecule has 0 aliphatic carbocycles. The topological polar surface area (TPSA) is 82.3 Å². The molecule has 2 aromatic carbocycles. The van der Waals surface area contributed by atoms with E-state index in [4.69, 9.17) is 0 Å². The fraction of sp³-hybridized carbons (Fsp3) is 0.455. The minimum atomic E-state index is -3.49. The summed E-state index contributed by atoms with van der Waals surface area (Å²) in [5.74, 6) is 0.0205. The van der Waals surface area contributed by atoms with Crippen LogP contribution in [0.25, 0.3) is 0 Å². The molecule has 0 radical (unpaired) electrons. The van der Waals surface area contributed by atoms with Gasteiger partial charge in [0.25, 0.3) is 0 Å². The normalized spacial score (nSPS) is 16.7. The average molecular weight is 494 g/mol. The highest BCUT2D eigenvalue weighted by atomic mass is 79.9. The van der Waals surface area contributed by atoms with Crippen LogP contribution in [0.2, 0.25) is 0 Å². The third kappa shape index (κ3) is 5.28. The van der Waals surface area contributed by atoms with E-state index in [0.717, 1.165) is 31.2 Å². The number of hydrogen-bond donors (Lipinski definition) is 1. The third-order valence-electron chi connectivity index (χ3n) is 5.22. The molecule has 0 spiro atoms. The SMILES string of the molecule is CC(C)(C)c1cc(Br)c(O)c(N=Nc2ccc(S(=O)(=O)N3CCCCCC3)cc2)c1. The van der Waals surface area contributed by atoms with Gasteiger partial charge in [0.1, 0.15) is 5.69 Å². The molecule has 1 aliphatic heterocycles. The maximum atomic E-state index is 12.9. The van der Waals surface area contributed by atoms with Crippen molar-refractivity contribution in [2.75, 3.05) is 13.1 Å². The van der Waals surface area contributed by atoms with E-state index >= 15 is 0 Å². The Morgan fingerprint density at radius 2 is 1.57 bits per heavy atom. The summed E-state index contributed by atoms with van der Waals surface area (Å²) in [5, 5.41) is 18.7. The molecule has 0 amide bonds. The lowest BCUT2D eigenvalue weighted by Crippen LogP contribution is -2.31. The van der Waals surface area contributed by atoms with E-state index in [2.05, 4.69) is 46.9 Å². The van der Waals surface area contributed by atoms with E-state index in [1.807, 2.05) is 12.1 Å². The molecule has 1 fully saturated rings. The number of halogens is 1. The highest BCUT2D eigenvalue weighted by Gasteiger charge is 2.25. The van der Waals surface area contributed by atoms with Crippen molar-refractivity contribution in [3.8, 4) is 5.75 Å². The fourth-order valence-corrected chi connectivity index (χ4v) is 5.29. The molecule has 162 valence electrons. The van der Waals surface area contributed by atoms with Gasteiger partial charge in [0, 0.05) is 13.1 Å². The van der Waals surface area contributed by atoms with Crippen molar-refractivity contribution >= 4 is 37.3 Å². The summed E-state index contributed by atoms with van der Waals surface area (Å²) in [7, 11) is -3.49. The minimum absolute atomic E-state index is 0.0205. The quantitative estimate of drug-likeness (QED) is 0.497. The number of azo groups is 1.